The molecule has 18 heavy (non-hydrogen) atoms. The minimum atomic E-state index is 0.213. The molecule has 0 bridgehead atoms. The number of nitrogens with two attached hydrogens (primary N) is 1. The van der Waals surface area contributed by atoms with Crippen LogP contribution in [-0.2, 0) is 11.2 Å². The van der Waals surface area contributed by atoms with Crippen LogP contribution in [0.3, 0.4) is 0 Å². The summed E-state index contributed by atoms with van der Waals surface area (Å²) >= 11 is 12.2. The molecule has 100 valence electrons. The Balaban J connectivity index is 2.07. The Hall–Kier alpha value is -0.320. The summed E-state index contributed by atoms with van der Waals surface area (Å²) in [5.41, 5.74) is 3.95. The van der Waals surface area contributed by atoms with Crippen molar-refractivity contribution in [1.82, 2.24) is 5.43 Å². The van der Waals surface area contributed by atoms with Crippen molar-refractivity contribution >= 4 is 23.2 Å². The van der Waals surface area contributed by atoms with E-state index in [0.29, 0.717) is 16.0 Å². The van der Waals surface area contributed by atoms with Gasteiger partial charge in [0.25, 0.3) is 0 Å². The number of ether oxygens (including phenoxy) is 1. The summed E-state index contributed by atoms with van der Waals surface area (Å²) in [6, 6.07) is 5.93. The van der Waals surface area contributed by atoms with Gasteiger partial charge in [-0.1, -0.05) is 35.3 Å². The summed E-state index contributed by atoms with van der Waals surface area (Å²) in [5.74, 6) is 6.20. The van der Waals surface area contributed by atoms with E-state index in [1.54, 1.807) is 6.07 Å². The molecule has 0 aliphatic carbocycles. The molecule has 0 radical (unpaired) electrons. The number of halogens is 2. The highest BCUT2D eigenvalue weighted by Gasteiger charge is 2.24. The summed E-state index contributed by atoms with van der Waals surface area (Å²) in [7, 11) is 0. The lowest BCUT2D eigenvalue weighted by molar-refractivity contribution is 0.0538. The van der Waals surface area contributed by atoms with E-state index in [1.165, 1.54) is 0 Å². The highest BCUT2D eigenvalue weighted by Crippen LogP contribution is 2.28. The van der Waals surface area contributed by atoms with Crippen LogP contribution in [0.2, 0.25) is 10.0 Å². The van der Waals surface area contributed by atoms with Gasteiger partial charge in [0.05, 0.1) is 10.0 Å². The summed E-state index contributed by atoms with van der Waals surface area (Å²) < 4.78 is 5.37. The lowest BCUT2D eigenvalue weighted by atomic mass is 9.88. The number of hydrazine groups is 1. The van der Waals surface area contributed by atoms with Crippen molar-refractivity contribution in [2.24, 2.45) is 11.8 Å². The first kappa shape index (κ1) is 14.1. The number of hydrogen-bond donors (Lipinski definition) is 2. The molecule has 1 aromatic carbocycles. The maximum Gasteiger partial charge on any atom is 0.0624 e. The van der Waals surface area contributed by atoms with Crippen LogP contribution in [-0.4, -0.2) is 19.3 Å². The molecular formula is C13H18Cl2N2O. The molecule has 3 nitrogen and oxygen atoms in total. The Bertz CT molecular complexity index is 395. The van der Waals surface area contributed by atoms with Crippen LogP contribution in [0.15, 0.2) is 18.2 Å². The zero-order valence-electron chi connectivity index (χ0n) is 10.2. The molecule has 1 aliphatic heterocycles. The normalized spacial score (nSPS) is 18.8. The van der Waals surface area contributed by atoms with Crippen molar-refractivity contribution in [2.45, 2.75) is 25.3 Å². The maximum absolute atomic E-state index is 6.21. The Morgan fingerprint density at radius 1 is 1.33 bits per heavy atom. The zero-order valence-corrected chi connectivity index (χ0v) is 11.7. The van der Waals surface area contributed by atoms with E-state index in [1.807, 2.05) is 12.1 Å². The topological polar surface area (TPSA) is 47.3 Å². The second-order valence-corrected chi connectivity index (χ2v) is 5.43. The van der Waals surface area contributed by atoms with Crippen LogP contribution < -0.4 is 11.3 Å². The van der Waals surface area contributed by atoms with Gasteiger partial charge in [-0.2, -0.15) is 0 Å². The molecule has 1 aliphatic rings. The average molecular weight is 289 g/mol. The SMILES string of the molecule is NNC(Cc1cccc(Cl)c1Cl)C1CCOCC1. The number of benzene rings is 1. The van der Waals surface area contributed by atoms with Gasteiger partial charge >= 0.3 is 0 Å². The van der Waals surface area contributed by atoms with Gasteiger partial charge in [-0.3, -0.25) is 11.3 Å². The molecular weight excluding hydrogens is 271 g/mol. The summed E-state index contributed by atoms with van der Waals surface area (Å²) in [6.07, 6.45) is 2.86. The molecule has 2 rings (SSSR count). The third kappa shape index (κ3) is 3.37. The molecule has 1 heterocycles. The Kier molecular flexibility index (Phi) is 5.27. The largest absolute Gasteiger partial charge is 0.381 e. The van der Waals surface area contributed by atoms with Crippen molar-refractivity contribution < 1.29 is 4.74 Å². The fraction of sp³-hybridized carbons (Fsp3) is 0.538. The smallest absolute Gasteiger partial charge is 0.0624 e. The standard InChI is InChI=1S/C13H18Cl2N2O/c14-11-3-1-2-10(13(11)15)8-12(17-16)9-4-6-18-7-5-9/h1-3,9,12,17H,4-8,16H2. The first-order valence-corrected chi connectivity index (χ1v) is 6.94. The number of hydrogen-bond acceptors (Lipinski definition) is 3. The van der Waals surface area contributed by atoms with E-state index < -0.39 is 0 Å². The van der Waals surface area contributed by atoms with Crippen molar-refractivity contribution in [3.63, 3.8) is 0 Å². The Labute approximate surface area is 118 Å². The fourth-order valence-electron chi connectivity index (χ4n) is 2.42. The van der Waals surface area contributed by atoms with Crippen LogP contribution in [0.25, 0.3) is 0 Å². The van der Waals surface area contributed by atoms with Gasteiger partial charge in [-0.15, -0.1) is 0 Å². The molecule has 0 aromatic heterocycles. The molecule has 0 spiro atoms. The van der Waals surface area contributed by atoms with Crippen LogP contribution >= 0.6 is 23.2 Å². The van der Waals surface area contributed by atoms with Gasteiger partial charge in [-0.25, -0.2) is 0 Å². The Morgan fingerprint density at radius 3 is 2.72 bits per heavy atom. The van der Waals surface area contributed by atoms with Crippen molar-refractivity contribution in [3.05, 3.63) is 33.8 Å². The van der Waals surface area contributed by atoms with Crippen molar-refractivity contribution in [1.29, 1.82) is 0 Å². The third-order valence-corrected chi connectivity index (χ3v) is 4.38. The first-order chi connectivity index (χ1) is 8.72. The van der Waals surface area contributed by atoms with Crippen LogP contribution in [0, 0.1) is 5.92 Å². The van der Waals surface area contributed by atoms with Crippen molar-refractivity contribution in [3.8, 4) is 0 Å². The Morgan fingerprint density at radius 2 is 2.06 bits per heavy atom. The van der Waals surface area contributed by atoms with Crippen LogP contribution in [0.1, 0.15) is 18.4 Å². The molecule has 3 N–H and O–H groups in total. The highest BCUT2D eigenvalue weighted by molar-refractivity contribution is 6.42. The third-order valence-electron chi connectivity index (χ3n) is 3.52. The summed E-state index contributed by atoms with van der Waals surface area (Å²) in [6.45, 7) is 1.62. The summed E-state index contributed by atoms with van der Waals surface area (Å²) in [5, 5.41) is 1.23. The van der Waals surface area contributed by atoms with Crippen LogP contribution in [0.5, 0.6) is 0 Å². The van der Waals surface area contributed by atoms with Crippen molar-refractivity contribution in [2.75, 3.05) is 13.2 Å². The molecule has 1 unspecified atom stereocenters. The van der Waals surface area contributed by atoms with Gasteiger partial charge in [-0.05, 0) is 36.8 Å². The molecule has 0 amide bonds. The molecule has 0 saturated carbocycles. The van der Waals surface area contributed by atoms with Gasteiger partial charge in [0.1, 0.15) is 0 Å². The molecule has 1 fully saturated rings. The van der Waals surface area contributed by atoms with Gasteiger partial charge in [0.2, 0.25) is 0 Å². The molecule has 1 saturated heterocycles. The average Bonchev–Trinajstić information content (AvgIpc) is 2.41. The van der Waals surface area contributed by atoms with E-state index in [-0.39, 0.29) is 6.04 Å². The number of rotatable bonds is 4. The van der Waals surface area contributed by atoms with E-state index in [0.717, 1.165) is 38.0 Å². The second-order valence-electron chi connectivity index (χ2n) is 4.64. The lowest BCUT2D eigenvalue weighted by Crippen LogP contribution is -2.44. The zero-order chi connectivity index (χ0) is 13.0. The van der Waals surface area contributed by atoms with Gasteiger partial charge < -0.3 is 4.74 Å². The number of nitrogens with one attached hydrogen (secondary N) is 1. The predicted octanol–water partition coefficient (Wildman–Crippen LogP) is 2.79. The molecule has 5 heteroatoms. The van der Waals surface area contributed by atoms with E-state index in [2.05, 4.69) is 5.43 Å². The quantitative estimate of drug-likeness (QED) is 0.662. The predicted molar refractivity (Wildman–Crippen MR) is 74.8 cm³/mol. The molecule has 1 aromatic rings. The fourth-order valence-corrected chi connectivity index (χ4v) is 2.82. The first-order valence-electron chi connectivity index (χ1n) is 6.19. The minimum absolute atomic E-state index is 0.213. The minimum Gasteiger partial charge on any atom is -0.381 e. The highest BCUT2D eigenvalue weighted by atomic mass is 35.5. The summed E-state index contributed by atoms with van der Waals surface area (Å²) in [4.78, 5) is 0. The van der Waals surface area contributed by atoms with Gasteiger partial charge in [0.15, 0.2) is 0 Å². The maximum atomic E-state index is 6.21. The second kappa shape index (κ2) is 6.73. The lowest BCUT2D eigenvalue weighted by Gasteiger charge is -2.30. The van der Waals surface area contributed by atoms with Crippen LogP contribution in [0.4, 0.5) is 0 Å². The monoisotopic (exact) mass is 288 g/mol. The van der Waals surface area contributed by atoms with E-state index in [9.17, 15) is 0 Å². The molecule has 1 atom stereocenters. The van der Waals surface area contributed by atoms with Gasteiger partial charge in [0, 0.05) is 19.3 Å². The van der Waals surface area contributed by atoms with E-state index in [4.69, 9.17) is 33.8 Å². The van der Waals surface area contributed by atoms with E-state index >= 15 is 0 Å².